The van der Waals surface area contributed by atoms with E-state index in [1.54, 1.807) is 0 Å². The first-order valence-electron chi connectivity index (χ1n) is 5.91. The van der Waals surface area contributed by atoms with E-state index in [4.69, 9.17) is 0 Å². The third-order valence-corrected chi connectivity index (χ3v) is 2.99. The highest BCUT2D eigenvalue weighted by molar-refractivity contribution is 6.02. The van der Waals surface area contributed by atoms with E-state index < -0.39 is 9.85 Å². The van der Waals surface area contributed by atoms with Gasteiger partial charge in [0, 0.05) is 6.07 Å². The van der Waals surface area contributed by atoms with Crippen molar-refractivity contribution in [2.75, 3.05) is 5.43 Å². The zero-order valence-corrected chi connectivity index (χ0v) is 10.7. The minimum absolute atomic E-state index is 0.132. The summed E-state index contributed by atoms with van der Waals surface area (Å²) in [5, 5.41) is 25.7. The number of allylic oxidation sites excluding steroid dienone is 2. The van der Waals surface area contributed by atoms with Crippen LogP contribution in [-0.2, 0) is 0 Å². The van der Waals surface area contributed by atoms with Gasteiger partial charge in [-0.2, -0.15) is 5.10 Å². The summed E-state index contributed by atoms with van der Waals surface area (Å²) >= 11 is 0. The lowest BCUT2D eigenvalue weighted by Gasteiger charge is -2.04. The fourth-order valence-corrected chi connectivity index (χ4v) is 1.89. The standard InChI is InChI=1S/C12H12N4O4/c1-8-3-2-4-10(8)13-14-11-6-5-9(15(17)18)7-12(11)16(19)20/h3,5-7,14H,2,4H2,1H3. The summed E-state index contributed by atoms with van der Waals surface area (Å²) < 4.78 is 0. The number of rotatable bonds is 4. The monoisotopic (exact) mass is 276 g/mol. The molecule has 104 valence electrons. The molecule has 1 aliphatic rings. The molecule has 8 heteroatoms. The summed E-state index contributed by atoms with van der Waals surface area (Å²) in [4.78, 5) is 20.2. The van der Waals surface area contributed by atoms with Gasteiger partial charge in [0.25, 0.3) is 5.69 Å². The number of hydrogen-bond acceptors (Lipinski definition) is 6. The van der Waals surface area contributed by atoms with E-state index in [0.29, 0.717) is 0 Å². The number of nitrogens with one attached hydrogen (secondary N) is 1. The first kappa shape index (κ1) is 13.7. The molecule has 0 saturated heterocycles. The highest BCUT2D eigenvalue weighted by Crippen LogP contribution is 2.29. The van der Waals surface area contributed by atoms with Gasteiger partial charge in [-0.15, -0.1) is 0 Å². The lowest BCUT2D eigenvalue weighted by molar-refractivity contribution is -0.393. The molecule has 0 aliphatic heterocycles. The first-order chi connectivity index (χ1) is 9.49. The van der Waals surface area contributed by atoms with E-state index >= 15 is 0 Å². The Morgan fingerprint density at radius 1 is 1.25 bits per heavy atom. The SMILES string of the molecule is CC1=CCCC1=NNc1ccc([N+](=O)[O-])cc1[N+](=O)[O-]. The average molecular weight is 276 g/mol. The summed E-state index contributed by atoms with van der Waals surface area (Å²) in [6, 6.07) is 3.40. The van der Waals surface area contributed by atoms with Crippen molar-refractivity contribution in [1.29, 1.82) is 0 Å². The molecule has 0 fully saturated rings. The van der Waals surface area contributed by atoms with Crippen LogP contribution in [0.1, 0.15) is 19.8 Å². The van der Waals surface area contributed by atoms with E-state index in [0.717, 1.165) is 30.2 Å². The van der Waals surface area contributed by atoms with E-state index in [-0.39, 0.29) is 17.1 Å². The van der Waals surface area contributed by atoms with Crippen molar-refractivity contribution in [2.45, 2.75) is 19.8 Å². The molecule has 0 saturated carbocycles. The molecule has 20 heavy (non-hydrogen) atoms. The zero-order valence-electron chi connectivity index (χ0n) is 10.7. The van der Waals surface area contributed by atoms with Gasteiger partial charge in [0.05, 0.1) is 21.6 Å². The molecule has 0 amide bonds. The number of nitro groups is 2. The Bertz CT molecular complexity index is 636. The van der Waals surface area contributed by atoms with Crippen molar-refractivity contribution < 1.29 is 9.85 Å². The Labute approximate surface area is 114 Å². The molecule has 0 aromatic heterocycles. The topological polar surface area (TPSA) is 111 Å². The summed E-state index contributed by atoms with van der Waals surface area (Å²) in [6.45, 7) is 1.91. The van der Waals surface area contributed by atoms with Gasteiger partial charge in [-0.25, -0.2) is 0 Å². The quantitative estimate of drug-likeness (QED) is 0.671. The van der Waals surface area contributed by atoms with Crippen molar-refractivity contribution >= 4 is 22.8 Å². The van der Waals surface area contributed by atoms with E-state index in [2.05, 4.69) is 10.5 Å². The van der Waals surface area contributed by atoms with Crippen LogP contribution in [0.3, 0.4) is 0 Å². The molecule has 1 aromatic rings. The van der Waals surface area contributed by atoms with Gasteiger partial charge in [-0.3, -0.25) is 25.7 Å². The summed E-state index contributed by atoms with van der Waals surface area (Å²) in [5.41, 5.74) is 3.91. The predicted molar refractivity (Wildman–Crippen MR) is 73.8 cm³/mol. The number of non-ortho nitro benzene ring substituents is 1. The van der Waals surface area contributed by atoms with Crippen LogP contribution in [-0.4, -0.2) is 15.6 Å². The second kappa shape index (κ2) is 5.47. The van der Waals surface area contributed by atoms with Crippen molar-refractivity contribution in [3.63, 3.8) is 0 Å². The molecule has 0 unspecified atom stereocenters. The zero-order chi connectivity index (χ0) is 14.7. The third-order valence-electron chi connectivity index (χ3n) is 2.99. The smallest absolute Gasteiger partial charge is 0.271 e. The highest BCUT2D eigenvalue weighted by Gasteiger charge is 2.19. The Hall–Kier alpha value is -2.77. The Morgan fingerprint density at radius 3 is 2.55 bits per heavy atom. The van der Waals surface area contributed by atoms with Gasteiger partial charge in [0.15, 0.2) is 0 Å². The number of nitrogens with zero attached hydrogens (tertiary/aromatic N) is 3. The maximum atomic E-state index is 10.9. The van der Waals surface area contributed by atoms with Crippen LogP contribution in [0.15, 0.2) is 34.9 Å². The number of hydrogen-bond donors (Lipinski definition) is 1. The van der Waals surface area contributed by atoms with E-state index in [9.17, 15) is 20.2 Å². The number of anilines is 1. The van der Waals surface area contributed by atoms with Gasteiger partial charge >= 0.3 is 5.69 Å². The van der Waals surface area contributed by atoms with Crippen LogP contribution >= 0.6 is 0 Å². The Balaban J connectivity index is 2.30. The van der Waals surface area contributed by atoms with Gasteiger partial charge in [-0.1, -0.05) is 6.08 Å². The van der Waals surface area contributed by atoms with Gasteiger partial charge in [0.2, 0.25) is 0 Å². The summed E-state index contributed by atoms with van der Waals surface area (Å²) in [5.74, 6) is 0. The van der Waals surface area contributed by atoms with Crippen LogP contribution < -0.4 is 5.43 Å². The molecule has 2 rings (SSSR count). The highest BCUT2D eigenvalue weighted by atomic mass is 16.6. The number of benzene rings is 1. The van der Waals surface area contributed by atoms with Crippen LogP contribution in [0.25, 0.3) is 0 Å². The fraction of sp³-hybridized carbons (Fsp3) is 0.250. The second-order valence-electron chi connectivity index (χ2n) is 4.31. The maximum Gasteiger partial charge on any atom is 0.301 e. The molecule has 0 atom stereocenters. The van der Waals surface area contributed by atoms with Crippen LogP contribution in [0.4, 0.5) is 17.1 Å². The average Bonchev–Trinajstić information content (AvgIpc) is 2.81. The third kappa shape index (κ3) is 2.79. The largest absolute Gasteiger partial charge is 0.301 e. The Kier molecular flexibility index (Phi) is 3.74. The van der Waals surface area contributed by atoms with Gasteiger partial charge < -0.3 is 0 Å². The van der Waals surface area contributed by atoms with Gasteiger partial charge in [0.1, 0.15) is 5.69 Å². The normalized spacial score (nSPS) is 16.1. The van der Waals surface area contributed by atoms with E-state index in [1.165, 1.54) is 12.1 Å². The Morgan fingerprint density at radius 2 is 2.00 bits per heavy atom. The molecule has 8 nitrogen and oxygen atoms in total. The first-order valence-corrected chi connectivity index (χ1v) is 5.91. The van der Waals surface area contributed by atoms with Crippen molar-refractivity contribution in [2.24, 2.45) is 5.10 Å². The molecular formula is C12H12N4O4. The maximum absolute atomic E-state index is 10.9. The lowest BCUT2D eigenvalue weighted by atomic mass is 10.2. The predicted octanol–water partition coefficient (Wildman–Crippen LogP) is 3.01. The van der Waals surface area contributed by atoms with Crippen molar-refractivity contribution in [1.82, 2.24) is 0 Å². The van der Waals surface area contributed by atoms with Crippen LogP contribution in [0, 0.1) is 20.2 Å². The molecular weight excluding hydrogens is 264 g/mol. The minimum atomic E-state index is -0.674. The molecule has 1 N–H and O–H groups in total. The van der Waals surface area contributed by atoms with Crippen LogP contribution in [0.5, 0.6) is 0 Å². The van der Waals surface area contributed by atoms with Crippen molar-refractivity contribution in [3.05, 3.63) is 50.1 Å². The molecule has 0 bridgehead atoms. The molecule has 1 aliphatic carbocycles. The molecule has 1 aromatic carbocycles. The molecule has 0 heterocycles. The molecule has 0 radical (unpaired) electrons. The minimum Gasteiger partial charge on any atom is -0.271 e. The lowest BCUT2D eigenvalue weighted by Crippen LogP contribution is -2.02. The fourth-order valence-electron chi connectivity index (χ4n) is 1.89. The van der Waals surface area contributed by atoms with E-state index in [1.807, 2.05) is 13.0 Å². The summed E-state index contributed by atoms with van der Waals surface area (Å²) in [6.07, 6.45) is 3.71. The number of nitro benzene ring substituents is 2. The number of hydrazone groups is 1. The summed E-state index contributed by atoms with van der Waals surface area (Å²) in [7, 11) is 0. The molecule has 0 spiro atoms. The van der Waals surface area contributed by atoms with Crippen LogP contribution in [0.2, 0.25) is 0 Å². The van der Waals surface area contributed by atoms with Gasteiger partial charge in [-0.05, 0) is 31.4 Å². The second-order valence-corrected chi connectivity index (χ2v) is 4.31. The van der Waals surface area contributed by atoms with Crippen molar-refractivity contribution in [3.8, 4) is 0 Å².